The molecule has 2 aliphatic rings. The average molecular weight is 793 g/mol. The zero-order valence-electron chi connectivity index (χ0n) is 32.6. The van der Waals surface area contributed by atoms with Crippen LogP contribution in [0.2, 0.25) is 0 Å². The molecule has 57 heavy (non-hydrogen) atoms. The van der Waals surface area contributed by atoms with E-state index >= 15 is 0 Å². The van der Waals surface area contributed by atoms with Crippen molar-refractivity contribution < 1.29 is 33.9 Å². The first kappa shape index (κ1) is 45.1. The number of imide groups is 3. The van der Waals surface area contributed by atoms with Gasteiger partial charge in [-0.3, -0.25) is 19.2 Å². The standard InChI is InChI=1S/C40H60N10O7/c41-15-8-7-13-29(43)39(56)50(35(53)20-34(52)30(44)17-25-9-3-1-4-10-25)40(57)49-16-14-27(23-51)36(33(49)21-42)37(54)32(19-28-22-46-24-47-28)48-38(55)31(45)18-26-11-5-2-6-12-26/h2,5-6,11-12,22,24-25,29-34,36,52H,1,3-4,7-10,13-21,41-45H2,(H,46,47)(H,48,55)/t29-,30-,31-,32-,33?,34?,36-/m0/s1. The van der Waals surface area contributed by atoms with Crippen molar-refractivity contribution in [1.82, 2.24) is 25.1 Å². The highest BCUT2D eigenvalue weighted by Crippen LogP contribution is 2.31. The van der Waals surface area contributed by atoms with Crippen molar-refractivity contribution >= 4 is 35.5 Å². The summed E-state index contributed by atoms with van der Waals surface area (Å²) in [6.07, 6.45) is 7.65. The number of rotatable bonds is 19. The number of carbonyl (C=O) groups excluding carboxylic acids is 6. The zero-order chi connectivity index (χ0) is 41.5. The molecule has 1 aromatic heterocycles. The predicted molar refractivity (Wildman–Crippen MR) is 212 cm³/mol. The lowest BCUT2D eigenvalue weighted by molar-refractivity contribution is -0.144. The number of aliphatic hydroxyl groups excluding tert-OH is 1. The Morgan fingerprint density at radius 3 is 2.35 bits per heavy atom. The lowest BCUT2D eigenvalue weighted by Gasteiger charge is -2.43. The van der Waals surface area contributed by atoms with Gasteiger partial charge in [-0.25, -0.2) is 14.6 Å². The molecule has 13 N–H and O–H groups in total. The summed E-state index contributed by atoms with van der Waals surface area (Å²) in [6, 6.07) is 2.39. The maximum atomic E-state index is 14.6. The number of nitrogens with zero attached hydrogens (tertiary/aromatic N) is 3. The first-order valence-corrected chi connectivity index (χ1v) is 20.0. The molecule has 2 heterocycles. The highest BCUT2D eigenvalue weighted by molar-refractivity contribution is 6.12. The summed E-state index contributed by atoms with van der Waals surface area (Å²) < 4.78 is 0. The summed E-state index contributed by atoms with van der Waals surface area (Å²) in [5.41, 5.74) is 32.1. The summed E-state index contributed by atoms with van der Waals surface area (Å²) in [4.78, 5) is 91.4. The lowest BCUT2D eigenvalue weighted by Crippen LogP contribution is -2.63. The minimum absolute atomic E-state index is 0.00346. The molecule has 17 heteroatoms. The van der Waals surface area contributed by atoms with Gasteiger partial charge in [-0.15, -0.1) is 0 Å². The number of carbonyl (C=O) groups is 5. The number of ketones is 1. The summed E-state index contributed by atoms with van der Waals surface area (Å²) in [5.74, 6) is -2.56. The van der Waals surface area contributed by atoms with Crippen LogP contribution in [0, 0.1) is 11.8 Å². The predicted octanol–water partition coefficient (Wildman–Crippen LogP) is -0.0365. The largest absolute Gasteiger partial charge is 0.391 e. The molecule has 0 radical (unpaired) electrons. The van der Waals surface area contributed by atoms with Crippen LogP contribution in [-0.2, 0) is 36.8 Å². The molecule has 17 nitrogen and oxygen atoms in total. The third kappa shape index (κ3) is 12.4. The molecule has 1 aliphatic carbocycles. The third-order valence-corrected chi connectivity index (χ3v) is 11.1. The number of nitrogens with two attached hydrogens (primary N) is 5. The smallest absolute Gasteiger partial charge is 0.334 e. The summed E-state index contributed by atoms with van der Waals surface area (Å²) >= 11 is 0. The molecular formula is C40H60N10O7. The Labute approximate surface area is 333 Å². The van der Waals surface area contributed by atoms with E-state index in [1.165, 1.54) is 12.5 Å². The first-order valence-electron chi connectivity index (χ1n) is 20.0. The van der Waals surface area contributed by atoms with Gasteiger partial charge in [0.05, 0.1) is 48.9 Å². The van der Waals surface area contributed by atoms with Gasteiger partial charge in [0, 0.05) is 43.0 Å². The lowest BCUT2D eigenvalue weighted by atomic mass is 9.79. The van der Waals surface area contributed by atoms with Crippen LogP contribution in [0.1, 0.15) is 81.9 Å². The van der Waals surface area contributed by atoms with Crippen LogP contribution < -0.4 is 34.0 Å². The van der Waals surface area contributed by atoms with Crippen molar-refractivity contribution in [1.29, 1.82) is 0 Å². The molecule has 5 amide bonds. The van der Waals surface area contributed by atoms with E-state index in [4.69, 9.17) is 28.7 Å². The second-order valence-electron chi connectivity index (χ2n) is 15.3. The van der Waals surface area contributed by atoms with Gasteiger partial charge in [0.1, 0.15) is 5.94 Å². The fourth-order valence-corrected chi connectivity index (χ4v) is 7.88. The molecule has 1 aliphatic heterocycles. The Morgan fingerprint density at radius 2 is 1.72 bits per heavy atom. The quantitative estimate of drug-likeness (QED) is 0.0685. The minimum atomic E-state index is -1.39. The van der Waals surface area contributed by atoms with E-state index in [0.717, 1.165) is 42.6 Å². The van der Waals surface area contributed by atoms with Gasteiger partial charge in [0.2, 0.25) is 11.8 Å². The highest BCUT2D eigenvalue weighted by Gasteiger charge is 2.47. The second kappa shape index (κ2) is 22.4. The molecular weight excluding hydrogens is 733 g/mol. The van der Waals surface area contributed by atoms with Crippen LogP contribution in [0.4, 0.5) is 4.79 Å². The van der Waals surface area contributed by atoms with Crippen molar-refractivity contribution in [2.45, 2.75) is 120 Å². The third-order valence-electron chi connectivity index (χ3n) is 11.1. The Morgan fingerprint density at radius 1 is 1.00 bits per heavy atom. The number of aromatic nitrogens is 2. The van der Waals surface area contributed by atoms with E-state index < -0.39 is 78.2 Å². The summed E-state index contributed by atoms with van der Waals surface area (Å²) in [7, 11) is 0. The monoisotopic (exact) mass is 792 g/mol. The number of H-pyrrole nitrogens is 1. The number of imidazole rings is 1. The number of unbranched alkanes of at least 4 members (excludes halogenated alkanes) is 1. The number of nitrogens with one attached hydrogen (secondary N) is 2. The van der Waals surface area contributed by atoms with Crippen molar-refractivity contribution in [2.75, 3.05) is 19.6 Å². The van der Waals surface area contributed by atoms with E-state index in [9.17, 15) is 33.9 Å². The number of amides is 5. The van der Waals surface area contributed by atoms with Gasteiger partial charge in [0.25, 0.3) is 5.91 Å². The number of aromatic amines is 1. The normalized spacial score (nSPS) is 20.1. The number of piperidine rings is 1. The van der Waals surface area contributed by atoms with Gasteiger partial charge < -0.3 is 49.0 Å². The maximum absolute atomic E-state index is 14.6. The van der Waals surface area contributed by atoms with E-state index in [1.807, 2.05) is 36.3 Å². The fourth-order valence-electron chi connectivity index (χ4n) is 7.88. The second-order valence-corrected chi connectivity index (χ2v) is 15.3. The molecule has 312 valence electrons. The molecule has 4 rings (SSSR count). The summed E-state index contributed by atoms with van der Waals surface area (Å²) in [6.45, 7) is -0.223. The number of urea groups is 1. The Bertz CT molecular complexity index is 1680. The minimum Gasteiger partial charge on any atom is -0.391 e. The Hall–Kier alpha value is -4.61. The molecule has 1 aromatic carbocycles. The molecule has 2 fully saturated rings. The van der Waals surface area contributed by atoms with Crippen molar-refractivity contribution in [3.8, 4) is 0 Å². The van der Waals surface area contributed by atoms with Crippen LogP contribution in [0.3, 0.4) is 0 Å². The van der Waals surface area contributed by atoms with E-state index in [1.54, 1.807) is 0 Å². The van der Waals surface area contributed by atoms with Crippen LogP contribution in [0.25, 0.3) is 0 Å². The maximum Gasteiger partial charge on any atom is 0.334 e. The number of hydrogen-bond acceptors (Lipinski definition) is 13. The molecule has 7 atom stereocenters. The van der Waals surface area contributed by atoms with Gasteiger partial charge >= 0.3 is 6.03 Å². The van der Waals surface area contributed by atoms with Gasteiger partial charge in [0.15, 0.2) is 5.78 Å². The molecule has 1 saturated heterocycles. The topological polar surface area (TPSA) is 300 Å². The Kier molecular flexibility index (Phi) is 17.7. The molecule has 0 spiro atoms. The van der Waals surface area contributed by atoms with Crippen LogP contribution >= 0.6 is 0 Å². The molecule has 1 saturated carbocycles. The van der Waals surface area contributed by atoms with E-state index in [2.05, 4.69) is 15.3 Å². The van der Waals surface area contributed by atoms with E-state index in [-0.39, 0.29) is 44.3 Å². The number of Topliss-reactive ketones (excluding diaryl/α,β-unsaturated/α-hetero) is 1. The SMILES string of the molecule is NCCCC[C@H](N)C(=O)N(C(=O)CC(O)[C@@H](N)CC1CCCCC1)C(=O)N1CCC(=C=O)[C@H](C(=O)[C@H](Cc2cnc[nH]2)NC(=O)[C@@H](N)Cc2ccccc2)C1CN. The number of hydrogen-bond donors (Lipinski definition) is 8. The van der Waals surface area contributed by atoms with Gasteiger partial charge in [-0.1, -0.05) is 68.9 Å². The number of benzene rings is 1. The fraction of sp³-hybridized carbons (Fsp3) is 0.600. The first-order chi connectivity index (χ1) is 27.4. The number of likely N-dealkylation sites (tertiary alicyclic amines) is 1. The van der Waals surface area contributed by atoms with Crippen LogP contribution in [-0.4, -0.2) is 116 Å². The van der Waals surface area contributed by atoms with E-state index in [0.29, 0.717) is 42.3 Å². The zero-order valence-corrected chi connectivity index (χ0v) is 32.6. The van der Waals surface area contributed by atoms with Crippen molar-refractivity contribution in [3.05, 3.63) is 59.7 Å². The molecule has 2 unspecified atom stereocenters. The van der Waals surface area contributed by atoms with Crippen LogP contribution in [0.15, 0.2) is 48.4 Å². The molecule has 0 bridgehead atoms. The van der Waals surface area contributed by atoms with Crippen molar-refractivity contribution in [3.63, 3.8) is 0 Å². The van der Waals surface area contributed by atoms with Crippen molar-refractivity contribution in [2.24, 2.45) is 40.5 Å². The average Bonchev–Trinajstić information content (AvgIpc) is 3.73. The summed E-state index contributed by atoms with van der Waals surface area (Å²) in [5, 5.41) is 13.8. The Balaban J connectivity index is 1.62. The van der Waals surface area contributed by atoms with Crippen LogP contribution in [0.5, 0.6) is 0 Å². The van der Waals surface area contributed by atoms with Gasteiger partial charge in [-0.05, 0) is 50.1 Å². The molecule has 2 aromatic rings. The number of aliphatic hydroxyl groups is 1. The highest BCUT2D eigenvalue weighted by atomic mass is 16.3. The van der Waals surface area contributed by atoms with Gasteiger partial charge in [-0.2, -0.15) is 4.90 Å².